The molecule has 1 saturated heterocycles. The van der Waals surface area contributed by atoms with Crippen LogP contribution in [-0.2, 0) is 11.2 Å². The lowest BCUT2D eigenvalue weighted by atomic mass is 10.00. The van der Waals surface area contributed by atoms with E-state index in [4.69, 9.17) is 33.8 Å². The van der Waals surface area contributed by atoms with Crippen molar-refractivity contribution in [2.75, 3.05) is 6.61 Å². The molecule has 1 heterocycles. The van der Waals surface area contributed by atoms with E-state index in [0.29, 0.717) is 16.5 Å². The molecule has 0 radical (unpaired) electrons. The van der Waals surface area contributed by atoms with Crippen LogP contribution in [-0.4, -0.2) is 18.8 Å². The SMILES string of the molecule is NNC(Cc1c(Cl)cccc1Cl)C1CCCO1. The lowest BCUT2D eigenvalue weighted by Gasteiger charge is -2.23. The van der Waals surface area contributed by atoms with Crippen LogP contribution in [0.15, 0.2) is 18.2 Å². The van der Waals surface area contributed by atoms with Gasteiger partial charge in [-0.3, -0.25) is 11.3 Å². The van der Waals surface area contributed by atoms with Crippen LogP contribution >= 0.6 is 23.2 Å². The summed E-state index contributed by atoms with van der Waals surface area (Å²) in [7, 11) is 0. The van der Waals surface area contributed by atoms with Crippen LogP contribution in [0.2, 0.25) is 10.0 Å². The number of nitrogens with one attached hydrogen (secondary N) is 1. The molecule has 0 saturated carbocycles. The van der Waals surface area contributed by atoms with Crippen LogP contribution < -0.4 is 11.3 Å². The zero-order valence-electron chi connectivity index (χ0n) is 9.46. The molecule has 2 atom stereocenters. The first kappa shape index (κ1) is 13.1. The minimum absolute atomic E-state index is 0.0508. The fraction of sp³-hybridized carbons (Fsp3) is 0.500. The summed E-state index contributed by atoms with van der Waals surface area (Å²) in [6, 6.07) is 5.57. The number of hydrogen-bond acceptors (Lipinski definition) is 3. The third-order valence-electron chi connectivity index (χ3n) is 3.11. The molecular formula is C12H16Cl2N2O. The molecule has 0 aromatic heterocycles. The predicted octanol–water partition coefficient (Wildman–Crippen LogP) is 2.55. The molecule has 1 aromatic carbocycles. The Hall–Kier alpha value is -0.320. The fourth-order valence-corrected chi connectivity index (χ4v) is 2.72. The largest absolute Gasteiger partial charge is 0.377 e. The van der Waals surface area contributed by atoms with Crippen molar-refractivity contribution in [1.29, 1.82) is 0 Å². The Balaban J connectivity index is 2.12. The van der Waals surface area contributed by atoms with Crippen molar-refractivity contribution in [2.45, 2.75) is 31.4 Å². The van der Waals surface area contributed by atoms with E-state index in [-0.39, 0.29) is 12.1 Å². The van der Waals surface area contributed by atoms with Crippen molar-refractivity contribution >= 4 is 23.2 Å². The average Bonchev–Trinajstić information content (AvgIpc) is 2.82. The van der Waals surface area contributed by atoms with Crippen LogP contribution in [0.5, 0.6) is 0 Å². The van der Waals surface area contributed by atoms with Gasteiger partial charge in [-0.2, -0.15) is 0 Å². The van der Waals surface area contributed by atoms with E-state index < -0.39 is 0 Å². The van der Waals surface area contributed by atoms with E-state index in [2.05, 4.69) is 5.43 Å². The molecule has 1 aliphatic rings. The highest BCUT2D eigenvalue weighted by Gasteiger charge is 2.26. The van der Waals surface area contributed by atoms with E-state index in [1.54, 1.807) is 0 Å². The topological polar surface area (TPSA) is 47.3 Å². The van der Waals surface area contributed by atoms with Crippen molar-refractivity contribution in [3.05, 3.63) is 33.8 Å². The summed E-state index contributed by atoms with van der Waals surface area (Å²) in [6.45, 7) is 0.805. The fourth-order valence-electron chi connectivity index (χ4n) is 2.16. The smallest absolute Gasteiger partial charge is 0.0745 e. The molecule has 1 aliphatic heterocycles. The summed E-state index contributed by atoms with van der Waals surface area (Å²) in [5, 5.41) is 1.35. The van der Waals surface area contributed by atoms with E-state index in [9.17, 15) is 0 Å². The second kappa shape index (κ2) is 6.03. The first-order valence-corrected chi connectivity index (χ1v) is 6.48. The molecule has 0 spiro atoms. The summed E-state index contributed by atoms with van der Waals surface area (Å²) in [5.74, 6) is 5.58. The lowest BCUT2D eigenvalue weighted by Crippen LogP contribution is -2.45. The van der Waals surface area contributed by atoms with Crippen molar-refractivity contribution in [1.82, 2.24) is 5.43 Å². The first-order valence-electron chi connectivity index (χ1n) is 5.73. The number of halogens is 2. The molecule has 17 heavy (non-hydrogen) atoms. The normalized spacial score (nSPS) is 21.7. The van der Waals surface area contributed by atoms with Gasteiger partial charge in [0.05, 0.1) is 12.1 Å². The number of nitrogens with two attached hydrogens (primary N) is 1. The van der Waals surface area contributed by atoms with Crippen molar-refractivity contribution < 1.29 is 4.74 Å². The van der Waals surface area contributed by atoms with Crippen LogP contribution in [0.1, 0.15) is 18.4 Å². The monoisotopic (exact) mass is 274 g/mol. The van der Waals surface area contributed by atoms with Gasteiger partial charge in [-0.1, -0.05) is 29.3 Å². The summed E-state index contributed by atoms with van der Waals surface area (Å²) >= 11 is 12.3. The number of hydrazine groups is 1. The summed E-state index contributed by atoms with van der Waals surface area (Å²) < 4.78 is 5.63. The van der Waals surface area contributed by atoms with Gasteiger partial charge in [0.15, 0.2) is 0 Å². The van der Waals surface area contributed by atoms with Crippen LogP contribution in [0.4, 0.5) is 0 Å². The molecule has 2 rings (SSSR count). The molecule has 1 aromatic rings. The third kappa shape index (κ3) is 3.12. The van der Waals surface area contributed by atoms with Crippen molar-refractivity contribution in [2.24, 2.45) is 5.84 Å². The lowest BCUT2D eigenvalue weighted by molar-refractivity contribution is 0.0784. The summed E-state index contributed by atoms with van der Waals surface area (Å²) in [6.07, 6.45) is 2.93. The molecule has 3 nitrogen and oxygen atoms in total. The predicted molar refractivity (Wildman–Crippen MR) is 70.3 cm³/mol. The van der Waals surface area contributed by atoms with Gasteiger partial charge in [-0.25, -0.2) is 0 Å². The number of benzene rings is 1. The van der Waals surface area contributed by atoms with Gasteiger partial charge in [0.2, 0.25) is 0 Å². The summed E-state index contributed by atoms with van der Waals surface area (Å²) in [4.78, 5) is 0. The molecule has 0 bridgehead atoms. The Kier molecular flexibility index (Phi) is 4.65. The molecule has 2 unspecified atom stereocenters. The van der Waals surface area contributed by atoms with E-state index in [0.717, 1.165) is 25.0 Å². The standard InChI is InChI=1S/C12H16Cl2N2O/c13-9-3-1-4-10(14)8(9)7-11(16-15)12-5-2-6-17-12/h1,3-4,11-12,16H,2,5-7,15H2. The molecular weight excluding hydrogens is 259 g/mol. The van der Waals surface area contributed by atoms with Crippen LogP contribution in [0, 0.1) is 0 Å². The quantitative estimate of drug-likeness (QED) is 0.655. The van der Waals surface area contributed by atoms with Crippen LogP contribution in [0.3, 0.4) is 0 Å². The molecule has 1 fully saturated rings. The zero-order chi connectivity index (χ0) is 12.3. The Labute approximate surface area is 111 Å². The maximum atomic E-state index is 6.14. The third-order valence-corrected chi connectivity index (χ3v) is 3.82. The number of ether oxygens (including phenoxy) is 1. The Morgan fingerprint density at radius 3 is 2.65 bits per heavy atom. The molecule has 0 aliphatic carbocycles. The van der Waals surface area contributed by atoms with E-state index >= 15 is 0 Å². The Morgan fingerprint density at radius 1 is 1.41 bits per heavy atom. The molecule has 5 heteroatoms. The highest BCUT2D eigenvalue weighted by atomic mass is 35.5. The summed E-state index contributed by atoms with van der Waals surface area (Å²) in [5.41, 5.74) is 3.73. The van der Waals surface area contributed by atoms with Gasteiger partial charge in [-0.05, 0) is 37.0 Å². The van der Waals surface area contributed by atoms with Gasteiger partial charge >= 0.3 is 0 Å². The van der Waals surface area contributed by atoms with Gasteiger partial charge in [0, 0.05) is 16.7 Å². The second-order valence-corrected chi connectivity index (χ2v) is 5.04. The Bertz CT molecular complexity index is 361. The maximum absolute atomic E-state index is 6.14. The van der Waals surface area contributed by atoms with E-state index in [1.807, 2.05) is 18.2 Å². The molecule has 3 N–H and O–H groups in total. The number of hydrogen-bond donors (Lipinski definition) is 2. The second-order valence-electron chi connectivity index (χ2n) is 4.23. The van der Waals surface area contributed by atoms with Crippen molar-refractivity contribution in [3.63, 3.8) is 0 Å². The minimum Gasteiger partial charge on any atom is -0.377 e. The molecule has 94 valence electrons. The van der Waals surface area contributed by atoms with E-state index in [1.165, 1.54) is 0 Å². The Morgan fingerprint density at radius 2 is 2.12 bits per heavy atom. The van der Waals surface area contributed by atoms with Crippen molar-refractivity contribution in [3.8, 4) is 0 Å². The average molecular weight is 275 g/mol. The van der Waals surface area contributed by atoms with Gasteiger partial charge < -0.3 is 4.74 Å². The molecule has 0 amide bonds. The highest BCUT2D eigenvalue weighted by Crippen LogP contribution is 2.27. The number of rotatable bonds is 4. The zero-order valence-corrected chi connectivity index (χ0v) is 11.0. The highest BCUT2D eigenvalue weighted by molar-refractivity contribution is 6.36. The van der Waals surface area contributed by atoms with Gasteiger partial charge in [0.25, 0.3) is 0 Å². The van der Waals surface area contributed by atoms with Crippen LogP contribution in [0.25, 0.3) is 0 Å². The first-order chi connectivity index (χ1) is 8.22. The van der Waals surface area contributed by atoms with Gasteiger partial charge in [0.1, 0.15) is 0 Å². The van der Waals surface area contributed by atoms with Gasteiger partial charge in [-0.15, -0.1) is 0 Å². The minimum atomic E-state index is 0.0508. The maximum Gasteiger partial charge on any atom is 0.0745 e.